The first kappa shape index (κ1) is 26.2. The van der Waals surface area contributed by atoms with Gasteiger partial charge in [0, 0.05) is 26.5 Å². The number of hydrogen-bond donors (Lipinski definition) is 1. The van der Waals surface area contributed by atoms with Crippen LogP contribution in [0.25, 0.3) is 0 Å². The summed E-state index contributed by atoms with van der Waals surface area (Å²) < 4.78 is 70.0. The monoisotopic (exact) mass is 546 g/mol. The van der Waals surface area contributed by atoms with E-state index in [9.17, 15) is 26.4 Å². The largest absolute Gasteiger partial charge is 0.493 e. The molecule has 1 saturated heterocycles. The number of halogens is 3. The number of alkyl halides is 2. The number of hydrogen-bond acceptors (Lipinski definition) is 5. The standard InChI is InChI=1S/C28H27F3N2O4S.H2/c29-24-14-25(22(19-11-12-19)13-23(24)27(34)32-38(35,36)28(30)31)37-17-18-15-33(16-18)26(20-7-3-1-4-8-20)21-9-5-2-6-10-21;/h1-10,13-14,18-19,26,28H,11-12,15-17H2,(H,32,34);1H. The average Bonchev–Trinajstić information content (AvgIpc) is 3.71. The molecule has 0 atom stereocenters. The summed E-state index contributed by atoms with van der Waals surface area (Å²) in [7, 11) is -5.20. The van der Waals surface area contributed by atoms with Crippen molar-refractivity contribution in [2.75, 3.05) is 19.7 Å². The summed E-state index contributed by atoms with van der Waals surface area (Å²) in [6.45, 7) is 1.90. The van der Waals surface area contributed by atoms with Crippen LogP contribution in [0.5, 0.6) is 5.75 Å². The van der Waals surface area contributed by atoms with Gasteiger partial charge in [-0.2, -0.15) is 8.78 Å². The Morgan fingerprint density at radius 2 is 1.58 bits per heavy atom. The van der Waals surface area contributed by atoms with Crippen molar-refractivity contribution in [1.82, 2.24) is 9.62 Å². The Kier molecular flexibility index (Phi) is 7.45. The fourth-order valence-corrected chi connectivity index (χ4v) is 5.29. The van der Waals surface area contributed by atoms with Crippen molar-refractivity contribution in [3.63, 3.8) is 0 Å². The number of amides is 1. The van der Waals surface area contributed by atoms with Gasteiger partial charge in [0.25, 0.3) is 15.9 Å². The van der Waals surface area contributed by atoms with Crippen molar-refractivity contribution in [2.45, 2.75) is 30.6 Å². The number of sulfonamides is 1. The van der Waals surface area contributed by atoms with Crippen LogP contribution in [-0.4, -0.2) is 44.7 Å². The summed E-state index contributed by atoms with van der Waals surface area (Å²) in [6.07, 6.45) is 1.62. The molecule has 202 valence electrons. The molecule has 1 amide bonds. The van der Waals surface area contributed by atoms with Gasteiger partial charge in [-0.05, 0) is 41.5 Å². The fourth-order valence-electron chi connectivity index (χ4n) is 4.83. The lowest BCUT2D eigenvalue weighted by Crippen LogP contribution is -2.51. The van der Waals surface area contributed by atoms with E-state index in [1.807, 2.05) is 36.4 Å². The molecule has 0 bridgehead atoms. The van der Waals surface area contributed by atoms with E-state index >= 15 is 0 Å². The quantitative estimate of drug-likeness (QED) is 0.372. The summed E-state index contributed by atoms with van der Waals surface area (Å²) in [6, 6.07) is 22.9. The maximum absolute atomic E-state index is 14.8. The second-order valence-corrected chi connectivity index (χ2v) is 11.4. The molecule has 1 aliphatic heterocycles. The summed E-state index contributed by atoms with van der Waals surface area (Å²) in [4.78, 5) is 14.6. The van der Waals surface area contributed by atoms with Gasteiger partial charge < -0.3 is 4.74 Å². The van der Waals surface area contributed by atoms with Crippen molar-refractivity contribution >= 4 is 15.9 Å². The molecule has 2 aliphatic rings. The molecular weight excluding hydrogens is 517 g/mol. The molecule has 1 aliphatic carbocycles. The van der Waals surface area contributed by atoms with Crippen molar-refractivity contribution in [3.8, 4) is 5.75 Å². The van der Waals surface area contributed by atoms with Crippen LogP contribution >= 0.6 is 0 Å². The van der Waals surface area contributed by atoms with Crippen LogP contribution in [0.4, 0.5) is 13.2 Å². The maximum atomic E-state index is 14.8. The molecule has 6 nitrogen and oxygen atoms in total. The van der Waals surface area contributed by atoms with E-state index in [0.717, 1.165) is 32.0 Å². The van der Waals surface area contributed by atoms with Crippen molar-refractivity contribution in [2.24, 2.45) is 5.92 Å². The highest BCUT2D eigenvalue weighted by atomic mass is 32.2. The molecular formula is C28H29F3N2O4S. The molecule has 0 spiro atoms. The van der Waals surface area contributed by atoms with Gasteiger partial charge in [-0.3, -0.25) is 9.69 Å². The topological polar surface area (TPSA) is 75.7 Å². The number of carbonyl (C=O) groups is 1. The Bertz CT molecular complexity index is 1360. The fraction of sp³-hybridized carbons (Fsp3) is 0.321. The highest BCUT2D eigenvalue weighted by molar-refractivity contribution is 7.90. The molecule has 2 fully saturated rings. The van der Waals surface area contributed by atoms with Gasteiger partial charge in [0.1, 0.15) is 11.6 Å². The molecule has 10 heteroatoms. The Balaban J connectivity index is 0.00000353. The number of nitrogens with one attached hydrogen (secondary N) is 1. The van der Waals surface area contributed by atoms with E-state index in [1.165, 1.54) is 21.9 Å². The third kappa shape index (κ3) is 5.71. The molecule has 0 radical (unpaired) electrons. The van der Waals surface area contributed by atoms with Crippen LogP contribution in [0.2, 0.25) is 0 Å². The van der Waals surface area contributed by atoms with Crippen molar-refractivity contribution in [1.29, 1.82) is 0 Å². The third-order valence-electron chi connectivity index (χ3n) is 6.89. The lowest BCUT2D eigenvalue weighted by atomic mass is 9.90. The lowest BCUT2D eigenvalue weighted by molar-refractivity contribution is 0.0375. The first-order valence-electron chi connectivity index (χ1n) is 12.4. The molecule has 0 unspecified atom stereocenters. The Hall–Kier alpha value is -3.37. The minimum absolute atomic E-state index is 0. The number of nitrogens with zero attached hydrogens (tertiary/aromatic N) is 1. The maximum Gasteiger partial charge on any atom is 0.355 e. The van der Waals surface area contributed by atoms with Gasteiger partial charge in [-0.1, -0.05) is 60.7 Å². The van der Waals surface area contributed by atoms with Crippen LogP contribution in [-0.2, 0) is 10.0 Å². The van der Waals surface area contributed by atoms with E-state index in [-0.39, 0.29) is 19.3 Å². The van der Waals surface area contributed by atoms with Crippen LogP contribution in [0.1, 0.15) is 53.3 Å². The highest BCUT2D eigenvalue weighted by Gasteiger charge is 2.36. The summed E-state index contributed by atoms with van der Waals surface area (Å²) in [5, 5.41) is 0. The van der Waals surface area contributed by atoms with Crippen molar-refractivity contribution < 1.29 is 32.5 Å². The minimum Gasteiger partial charge on any atom is -0.493 e. The SMILES string of the molecule is O=C(NS(=O)(=O)C(F)F)c1cc(C2CC2)c(OCC2CN(C(c3ccccc3)c3ccccc3)C2)cc1F.[HH]. The molecule has 1 saturated carbocycles. The molecule has 5 rings (SSSR count). The van der Waals surface area contributed by atoms with Gasteiger partial charge >= 0.3 is 5.76 Å². The number of ether oxygens (including phenoxy) is 1. The van der Waals surface area contributed by atoms with E-state index in [2.05, 4.69) is 29.2 Å². The Morgan fingerprint density at radius 1 is 1.00 bits per heavy atom. The van der Waals surface area contributed by atoms with Crippen LogP contribution in [0.15, 0.2) is 72.8 Å². The van der Waals surface area contributed by atoms with E-state index < -0.39 is 33.1 Å². The van der Waals surface area contributed by atoms with E-state index in [1.54, 1.807) is 0 Å². The third-order valence-corrected chi connectivity index (χ3v) is 7.83. The Labute approximate surface area is 221 Å². The zero-order valence-electron chi connectivity index (χ0n) is 20.4. The first-order chi connectivity index (χ1) is 18.2. The second kappa shape index (κ2) is 10.8. The number of carbonyl (C=O) groups excluding carboxylic acids is 1. The van der Waals surface area contributed by atoms with Crippen LogP contribution < -0.4 is 9.46 Å². The highest BCUT2D eigenvalue weighted by Crippen LogP contribution is 2.45. The summed E-state index contributed by atoms with van der Waals surface area (Å²) >= 11 is 0. The zero-order chi connectivity index (χ0) is 26.9. The molecule has 1 heterocycles. The summed E-state index contributed by atoms with van der Waals surface area (Å²) in [5.74, 6) is -5.72. The predicted octanol–water partition coefficient (Wildman–Crippen LogP) is 5.33. The van der Waals surface area contributed by atoms with E-state index in [0.29, 0.717) is 17.9 Å². The molecule has 3 aromatic rings. The normalized spacial score (nSPS) is 16.4. The van der Waals surface area contributed by atoms with Gasteiger partial charge in [0.15, 0.2) is 0 Å². The number of likely N-dealkylation sites (tertiary alicyclic amines) is 1. The lowest BCUT2D eigenvalue weighted by Gasteiger charge is -2.44. The van der Waals surface area contributed by atoms with Crippen molar-refractivity contribution in [3.05, 3.63) is 101 Å². The van der Waals surface area contributed by atoms with Gasteiger partial charge in [-0.15, -0.1) is 0 Å². The molecule has 1 N–H and O–H groups in total. The molecule has 38 heavy (non-hydrogen) atoms. The number of rotatable bonds is 10. The number of benzene rings is 3. The predicted molar refractivity (Wildman–Crippen MR) is 138 cm³/mol. The zero-order valence-corrected chi connectivity index (χ0v) is 21.2. The molecule has 0 aromatic heterocycles. The van der Waals surface area contributed by atoms with Crippen LogP contribution in [0.3, 0.4) is 0 Å². The average molecular weight is 547 g/mol. The summed E-state index contributed by atoms with van der Waals surface area (Å²) in [5.41, 5.74) is 2.36. The van der Waals surface area contributed by atoms with Crippen LogP contribution in [0, 0.1) is 11.7 Å². The van der Waals surface area contributed by atoms with Gasteiger partial charge in [0.2, 0.25) is 0 Å². The van der Waals surface area contributed by atoms with E-state index in [4.69, 9.17) is 4.74 Å². The van der Waals surface area contributed by atoms with Gasteiger partial charge in [-0.25, -0.2) is 17.5 Å². The molecule has 3 aromatic carbocycles. The second-order valence-electron chi connectivity index (χ2n) is 9.74. The smallest absolute Gasteiger partial charge is 0.355 e. The first-order valence-corrected chi connectivity index (χ1v) is 13.9. The minimum atomic E-state index is -5.20. The van der Waals surface area contributed by atoms with Gasteiger partial charge in [0.05, 0.1) is 18.2 Å². The Morgan fingerprint density at radius 3 is 2.11 bits per heavy atom.